The van der Waals surface area contributed by atoms with Crippen LogP contribution in [0.1, 0.15) is 22.5 Å². The second-order valence-electron chi connectivity index (χ2n) is 7.21. The van der Waals surface area contributed by atoms with Gasteiger partial charge < -0.3 is 4.90 Å². The molecule has 0 radical (unpaired) electrons. The Hall–Kier alpha value is -2.90. The number of carbonyl (C=O) groups is 1. The molecule has 2 heterocycles. The Kier molecular flexibility index (Phi) is 6.25. The van der Waals surface area contributed by atoms with Crippen molar-refractivity contribution in [2.45, 2.75) is 25.4 Å². The molecule has 158 valence electrons. The number of aromatic nitrogens is 4. The molecule has 8 heteroatoms. The fraction of sp³-hybridized carbons (Fsp3) is 0.217. The van der Waals surface area contributed by atoms with Gasteiger partial charge in [0, 0.05) is 35.6 Å². The molecule has 0 aliphatic heterocycles. The fourth-order valence-corrected chi connectivity index (χ4v) is 4.29. The van der Waals surface area contributed by atoms with Crippen molar-refractivity contribution in [1.82, 2.24) is 19.6 Å². The summed E-state index contributed by atoms with van der Waals surface area (Å²) < 4.78 is 1.74. The fourth-order valence-electron chi connectivity index (χ4n) is 3.36. The van der Waals surface area contributed by atoms with E-state index in [2.05, 4.69) is 15.1 Å². The Labute approximate surface area is 190 Å². The maximum atomic E-state index is 12.6. The highest BCUT2D eigenvalue weighted by molar-refractivity contribution is 7.99. The van der Waals surface area contributed by atoms with Crippen molar-refractivity contribution in [3.8, 4) is 0 Å². The van der Waals surface area contributed by atoms with Gasteiger partial charge in [0.2, 0.25) is 11.1 Å². The van der Waals surface area contributed by atoms with E-state index in [0.29, 0.717) is 17.4 Å². The molecule has 2 aromatic carbocycles. The number of anilines is 1. The normalized spacial score (nSPS) is 11.1. The minimum atomic E-state index is -0.0182. The highest BCUT2D eigenvalue weighted by Crippen LogP contribution is 2.24. The number of hydrogen-bond donors (Lipinski definition) is 0. The standard InChI is InChI=1S/C23H22ClN5OS/c1-15-19(13-17-9-7-8-12-20(17)24)16(2)29-22(25-15)26-23(27-29)31-14-21(30)28(3)18-10-5-4-6-11-18/h4-12H,13-14H2,1-3H3. The topological polar surface area (TPSA) is 63.4 Å². The summed E-state index contributed by atoms with van der Waals surface area (Å²) in [5.74, 6) is 0.756. The van der Waals surface area contributed by atoms with Gasteiger partial charge in [-0.15, -0.1) is 5.10 Å². The van der Waals surface area contributed by atoms with Crippen LogP contribution in [-0.4, -0.2) is 38.3 Å². The van der Waals surface area contributed by atoms with Gasteiger partial charge in [-0.2, -0.15) is 4.98 Å². The number of benzene rings is 2. The molecule has 0 fully saturated rings. The molecule has 0 spiro atoms. The van der Waals surface area contributed by atoms with Crippen molar-refractivity contribution in [3.63, 3.8) is 0 Å². The van der Waals surface area contributed by atoms with E-state index in [0.717, 1.165) is 33.2 Å². The van der Waals surface area contributed by atoms with E-state index in [1.807, 2.05) is 68.4 Å². The third kappa shape index (κ3) is 4.57. The number of carbonyl (C=O) groups excluding carboxylic acids is 1. The van der Waals surface area contributed by atoms with Crippen LogP contribution in [0.25, 0.3) is 5.78 Å². The minimum absolute atomic E-state index is 0.0182. The Bertz CT molecular complexity index is 1240. The summed E-state index contributed by atoms with van der Waals surface area (Å²) in [6.45, 7) is 3.98. The number of nitrogens with zero attached hydrogens (tertiary/aromatic N) is 5. The first-order chi connectivity index (χ1) is 14.9. The highest BCUT2D eigenvalue weighted by atomic mass is 35.5. The maximum absolute atomic E-state index is 12.6. The second-order valence-corrected chi connectivity index (χ2v) is 8.56. The lowest BCUT2D eigenvalue weighted by atomic mass is 10.0. The third-order valence-corrected chi connectivity index (χ3v) is 6.39. The van der Waals surface area contributed by atoms with Crippen LogP contribution in [0.4, 0.5) is 5.69 Å². The lowest BCUT2D eigenvalue weighted by Gasteiger charge is -2.16. The smallest absolute Gasteiger partial charge is 0.253 e. The lowest BCUT2D eigenvalue weighted by Crippen LogP contribution is -2.27. The zero-order valence-corrected chi connectivity index (χ0v) is 19.1. The summed E-state index contributed by atoms with van der Waals surface area (Å²) in [5, 5.41) is 5.85. The molecule has 2 aromatic heterocycles. The zero-order valence-electron chi connectivity index (χ0n) is 17.5. The zero-order chi connectivity index (χ0) is 22.0. The molecule has 0 N–H and O–H groups in total. The number of para-hydroxylation sites is 1. The van der Waals surface area contributed by atoms with Crippen LogP contribution >= 0.6 is 23.4 Å². The molecular weight excluding hydrogens is 430 g/mol. The van der Waals surface area contributed by atoms with E-state index in [9.17, 15) is 4.79 Å². The van der Waals surface area contributed by atoms with Crippen molar-refractivity contribution >= 4 is 40.7 Å². The van der Waals surface area contributed by atoms with Crippen molar-refractivity contribution in [2.24, 2.45) is 0 Å². The van der Waals surface area contributed by atoms with Crippen molar-refractivity contribution < 1.29 is 4.79 Å². The van der Waals surface area contributed by atoms with Crippen molar-refractivity contribution in [3.05, 3.63) is 82.1 Å². The van der Waals surface area contributed by atoms with Gasteiger partial charge in [0.1, 0.15) is 0 Å². The third-order valence-electron chi connectivity index (χ3n) is 5.20. The van der Waals surface area contributed by atoms with Crippen LogP contribution in [0.15, 0.2) is 59.8 Å². The van der Waals surface area contributed by atoms with Gasteiger partial charge in [-0.3, -0.25) is 4.79 Å². The summed E-state index contributed by atoms with van der Waals surface area (Å²) in [4.78, 5) is 23.3. The van der Waals surface area contributed by atoms with Gasteiger partial charge in [0.15, 0.2) is 0 Å². The van der Waals surface area contributed by atoms with Crippen LogP contribution in [0.3, 0.4) is 0 Å². The quantitative estimate of drug-likeness (QED) is 0.396. The Morgan fingerprint density at radius 3 is 2.52 bits per heavy atom. The Balaban J connectivity index is 1.53. The van der Waals surface area contributed by atoms with E-state index < -0.39 is 0 Å². The van der Waals surface area contributed by atoms with Crippen LogP contribution in [-0.2, 0) is 11.2 Å². The summed E-state index contributed by atoms with van der Waals surface area (Å²) in [6, 6.07) is 17.4. The molecule has 0 unspecified atom stereocenters. The summed E-state index contributed by atoms with van der Waals surface area (Å²) in [7, 11) is 1.77. The number of halogens is 1. The molecule has 0 aliphatic rings. The Morgan fingerprint density at radius 1 is 1.06 bits per heavy atom. The first-order valence-corrected chi connectivity index (χ1v) is 11.2. The number of rotatable bonds is 6. The molecule has 1 amide bonds. The van der Waals surface area contributed by atoms with Gasteiger partial charge in [-0.05, 0) is 43.2 Å². The van der Waals surface area contributed by atoms with Crippen molar-refractivity contribution in [2.75, 3.05) is 17.7 Å². The van der Waals surface area contributed by atoms with E-state index >= 15 is 0 Å². The monoisotopic (exact) mass is 451 g/mol. The first-order valence-electron chi connectivity index (χ1n) is 9.84. The van der Waals surface area contributed by atoms with Crippen LogP contribution < -0.4 is 4.90 Å². The minimum Gasteiger partial charge on any atom is -0.315 e. The second kappa shape index (κ2) is 9.08. The number of hydrogen-bond acceptors (Lipinski definition) is 5. The first kappa shape index (κ1) is 21.3. The largest absolute Gasteiger partial charge is 0.315 e. The molecule has 0 atom stereocenters. The molecule has 31 heavy (non-hydrogen) atoms. The molecule has 0 saturated carbocycles. The van der Waals surface area contributed by atoms with E-state index in [1.165, 1.54) is 11.8 Å². The van der Waals surface area contributed by atoms with Crippen molar-refractivity contribution in [1.29, 1.82) is 0 Å². The lowest BCUT2D eigenvalue weighted by molar-refractivity contribution is -0.115. The molecule has 0 bridgehead atoms. The SMILES string of the molecule is Cc1nc2nc(SCC(=O)N(C)c3ccccc3)nn2c(C)c1Cc1ccccc1Cl. The molecule has 6 nitrogen and oxygen atoms in total. The van der Waals surface area contributed by atoms with E-state index in [1.54, 1.807) is 16.5 Å². The van der Waals surface area contributed by atoms with E-state index in [4.69, 9.17) is 11.6 Å². The van der Waals surface area contributed by atoms with Crippen LogP contribution in [0.5, 0.6) is 0 Å². The number of fused-ring (bicyclic) bond motifs is 1. The number of amides is 1. The molecule has 4 rings (SSSR count). The van der Waals surface area contributed by atoms with E-state index in [-0.39, 0.29) is 11.7 Å². The maximum Gasteiger partial charge on any atom is 0.253 e. The average molecular weight is 452 g/mol. The molecule has 0 aliphatic carbocycles. The van der Waals surface area contributed by atoms with Crippen LogP contribution in [0.2, 0.25) is 5.02 Å². The van der Waals surface area contributed by atoms with Gasteiger partial charge in [0.05, 0.1) is 5.75 Å². The predicted octanol–water partition coefficient (Wildman–Crippen LogP) is 4.74. The summed E-state index contributed by atoms with van der Waals surface area (Å²) in [6.07, 6.45) is 0.670. The molecule has 0 saturated heterocycles. The summed E-state index contributed by atoms with van der Waals surface area (Å²) in [5.41, 5.74) is 4.83. The summed E-state index contributed by atoms with van der Waals surface area (Å²) >= 11 is 7.66. The van der Waals surface area contributed by atoms with Gasteiger partial charge in [-0.1, -0.05) is 59.8 Å². The molecule has 4 aromatic rings. The van der Waals surface area contributed by atoms with Gasteiger partial charge in [0.25, 0.3) is 5.78 Å². The van der Waals surface area contributed by atoms with Gasteiger partial charge >= 0.3 is 0 Å². The molecular formula is C23H22ClN5OS. The van der Waals surface area contributed by atoms with Gasteiger partial charge in [-0.25, -0.2) is 9.50 Å². The average Bonchev–Trinajstić information content (AvgIpc) is 3.19. The Morgan fingerprint density at radius 2 is 1.77 bits per heavy atom. The predicted molar refractivity (Wildman–Crippen MR) is 125 cm³/mol. The number of thioether (sulfide) groups is 1. The highest BCUT2D eigenvalue weighted by Gasteiger charge is 2.17. The van der Waals surface area contributed by atoms with Crippen LogP contribution in [0, 0.1) is 13.8 Å². The number of aryl methyl sites for hydroxylation is 2.